The predicted molar refractivity (Wildman–Crippen MR) is 145 cm³/mol. The molecule has 13 heteroatoms. The molecular weight excluding hydrogens is 536 g/mol. The molecule has 2 saturated heterocycles. The number of carbonyl (C=O) groups is 1. The Morgan fingerprint density at radius 3 is 2.73 bits per heavy atom. The summed E-state index contributed by atoms with van der Waals surface area (Å²) >= 11 is 6.21. The van der Waals surface area contributed by atoms with Crippen LogP contribution in [-0.2, 0) is 20.6 Å². The van der Waals surface area contributed by atoms with E-state index in [1.165, 1.54) is 11.8 Å². The second kappa shape index (κ2) is 11.0. The lowest BCUT2D eigenvalue weighted by Gasteiger charge is -2.43. The van der Waals surface area contributed by atoms with E-state index in [1.807, 2.05) is 27.7 Å². The lowest BCUT2D eigenvalue weighted by Crippen LogP contribution is -2.55. The van der Waals surface area contributed by atoms with Gasteiger partial charge in [0.05, 0.1) is 30.0 Å². The lowest BCUT2D eigenvalue weighted by molar-refractivity contribution is 0.0434. The predicted octanol–water partition coefficient (Wildman–Crippen LogP) is 3.89. The summed E-state index contributed by atoms with van der Waals surface area (Å²) in [5, 5.41) is 4.39. The normalized spacial score (nSPS) is 22.2. The van der Waals surface area contributed by atoms with Crippen molar-refractivity contribution in [3.05, 3.63) is 23.5 Å². The van der Waals surface area contributed by atoms with Gasteiger partial charge in [-0.3, -0.25) is 0 Å². The first-order chi connectivity index (χ1) is 17.4. The van der Waals surface area contributed by atoms with Crippen molar-refractivity contribution < 1.29 is 18.8 Å². The first-order valence-electron chi connectivity index (χ1n) is 12.0. The van der Waals surface area contributed by atoms with Gasteiger partial charge in [0, 0.05) is 40.8 Å². The van der Waals surface area contributed by atoms with E-state index in [-0.39, 0.29) is 23.4 Å². The van der Waals surface area contributed by atoms with Crippen LogP contribution in [0.15, 0.2) is 33.4 Å². The number of anilines is 2. The zero-order chi connectivity index (χ0) is 27.0. The molecule has 0 aromatic carbocycles. The van der Waals surface area contributed by atoms with Gasteiger partial charge >= 0.3 is 6.09 Å². The molecule has 4 heterocycles. The van der Waals surface area contributed by atoms with Gasteiger partial charge in [0.2, 0.25) is 5.82 Å². The third-order valence-electron chi connectivity index (χ3n) is 6.56. The van der Waals surface area contributed by atoms with Gasteiger partial charge in [-0.2, -0.15) is 4.98 Å². The Labute approximate surface area is 229 Å². The van der Waals surface area contributed by atoms with Gasteiger partial charge in [-0.05, 0) is 46.6 Å². The van der Waals surface area contributed by atoms with E-state index in [0.717, 1.165) is 12.8 Å². The number of piperidine rings is 1. The van der Waals surface area contributed by atoms with E-state index in [9.17, 15) is 9.35 Å². The molecule has 1 unspecified atom stereocenters. The van der Waals surface area contributed by atoms with Crippen LogP contribution in [-0.4, -0.2) is 69.3 Å². The van der Waals surface area contributed by atoms with Crippen molar-refractivity contribution in [1.82, 2.24) is 20.3 Å². The maximum atomic E-state index is 12.6. The fourth-order valence-corrected chi connectivity index (χ4v) is 6.49. The molecule has 0 aliphatic carbocycles. The second-order valence-corrected chi connectivity index (χ2v) is 13.1. The molecule has 1 amide bonds. The summed E-state index contributed by atoms with van der Waals surface area (Å²) in [7, 11) is 0. The summed E-state index contributed by atoms with van der Waals surface area (Å²) in [6.45, 7) is 9.41. The summed E-state index contributed by atoms with van der Waals surface area (Å²) < 4.78 is 24.1. The first-order valence-corrected chi connectivity index (χ1v) is 14.8. The summed E-state index contributed by atoms with van der Waals surface area (Å²) in [6, 6.07) is 1.59. The van der Waals surface area contributed by atoms with Crippen molar-refractivity contribution in [3.8, 4) is 0 Å². The van der Waals surface area contributed by atoms with Crippen LogP contribution in [0.3, 0.4) is 0 Å². The Balaban J connectivity index is 1.48. The molecule has 3 N–H and O–H groups in total. The van der Waals surface area contributed by atoms with Gasteiger partial charge in [0.15, 0.2) is 0 Å². The van der Waals surface area contributed by atoms with Gasteiger partial charge in [-0.15, -0.1) is 0 Å². The standard InChI is InChI=1S/C24H33ClN6O4S2/c1-14-18(30-22(32)35-23(2,3)4)24(13-34-14)7-10-31(11-8-24)20-21(37(5)33)29-16(12-28-20)36-15-6-9-27-19(26)17(15)25/h6,9,12,14,18H,7-8,10-11,13H2,1-5H3,(H2,26,27)(H,30,32)/t14-,18+,37?/m0/s1. The number of pyridine rings is 1. The summed E-state index contributed by atoms with van der Waals surface area (Å²) in [4.78, 5) is 28.6. The van der Waals surface area contributed by atoms with Crippen molar-refractivity contribution in [2.45, 2.75) is 73.2 Å². The molecule has 2 aromatic heterocycles. The molecule has 37 heavy (non-hydrogen) atoms. The first kappa shape index (κ1) is 28.0. The number of nitrogens with one attached hydrogen (secondary N) is 1. The van der Waals surface area contributed by atoms with Crippen LogP contribution >= 0.6 is 23.4 Å². The molecule has 2 aliphatic rings. The summed E-state index contributed by atoms with van der Waals surface area (Å²) in [6.07, 6.45) is 5.82. The maximum Gasteiger partial charge on any atom is 0.407 e. The Morgan fingerprint density at radius 1 is 1.38 bits per heavy atom. The number of halogens is 1. The monoisotopic (exact) mass is 568 g/mol. The fraction of sp³-hybridized carbons (Fsp3) is 0.583. The Bertz CT molecular complexity index is 1140. The molecule has 0 saturated carbocycles. The Morgan fingerprint density at radius 2 is 2.08 bits per heavy atom. The van der Waals surface area contributed by atoms with Gasteiger partial charge in [0.1, 0.15) is 22.7 Å². The average Bonchev–Trinajstić information content (AvgIpc) is 3.11. The third-order valence-corrected chi connectivity index (χ3v) is 8.86. The van der Waals surface area contributed by atoms with Crippen LogP contribution in [0.25, 0.3) is 0 Å². The van der Waals surface area contributed by atoms with Crippen molar-refractivity contribution in [3.63, 3.8) is 0 Å². The number of alkyl carbamates (subject to hydrolysis) is 1. The Kier molecular flexibility index (Phi) is 8.34. The van der Waals surface area contributed by atoms with Gasteiger partial charge in [-0.1, -0.05) is 23.4 Å². The molecule has 202 valence electrons. The van der Waals surface area contributed by atoms with Crippen LogP contribution in [0.2, 0.25) is 5.02 Å². The lowest BCUT2D eigenvalue weighted by atomic mass is 9.73. The minimum absolute atomic E-state index is 0.122. The average molecular weight is 569 g/mol. The van der Waals surface area contributed by atoms with E-state index in [0.29, 0.717) is 45.5 Å². The van der Waals surface area contributed by atoms with Crippen LogP contribution in [0.5, 0.6) is 0 Å². The number of rotatable bonds is 5. The van der Waals surface area contributed by atoms with Crippen LogP contribution in [0.4, 0.5) is 16.4 Å². The molecule has 3 atom stereocenters. The zero-order valence-corrected chi connectivity index (χ0v) is 24.0. The topological polar surface area (TPSA) is 139 Å². The SMILES string of the molecule is C[C@@H]1OCC2(CCN(c3ncc(Sc4ccnc(N)c4Cl)nc3[S+](C)[O-])CC2)[C@@H]1NC(=O)OC(C)(C)C. The number of ether oxygens (including phenoxy) is 2. The van der Waals surface area contributed by atoms with E-state index in [2.05, 4.69) is 25.2 Å². The molecule has 0 bridgehead atoms. The number of nitrogens with zero attached hydrogens (tertiary/aromatic N) is 4. The highest BCUT2D eigenvalue weighted by atomic mass is 35.5. The van der Waals surface area contributed by atoms with Gasteiger partial charge in [0.25, 0.3) is 5.03 Å². The summed E-state index contributed by atoms with van der Waals surface area (Å²) in [5.41, 5.74) is 5.02. The largest absolute Gasteiger partial charge is 0.610 e. The summed E-state index contributed by atoms with van der Waals surface area (Å²) in [5.74, 6) is 0.839. The number of carbonyl (C=O) groups excluding carboxylic acids is 1. The molecule has 1 spiro atoms. The van der Waals surface area contributed by atoms with Crippen LogP contribution in [0.1, 0.15) is 40.5 Å². The van der Waals surface area contributed by atoms with E-state index < -0.39 is 22.9 Å². The van der Waals surface area contributed by atoms with Crippen molar-refractivity contribution >= 4 is 52.3 Å². The zero-order valence-electron chi connectivity index (χ0n) is 21.6. The number of amides is 1. The molecular formula is C24H33ClN6O4S2. The third kappa shape index (κ3) is 6.36. The minimum Gasteiger partial charge on any atom is -0.610 e. The van der Waals surface area contributed by atoms with Gasteiger partial charge < -0.3 is 30.0 Å². The molecule has 2 fully saturated rings. The van der Waals surface area contributed by atoms with Crippen molar-refractivity contribution in [2.24, 2.45) is 5.41 Å². The van der Waals surface area contributed by atoms with Gasteiger partial charge in [-0.25, -0.2) is 14.8 Å². The minimum atomic E-state index is -1.36. The smallest absolute Gasteiger partial charge is 0.407 e. The van der Waals surface area contributed by atoms with E-state index in [4.69, 9.17) is 26.8 Å². The van der Waals surface area contributed by atoms with Crippen molar-refractivity contribution in [2.75, 3.05) is 36.6 Å². The fourth-order valence-electron chi connectivity index (χ4n) is 4.75. The number of hydrogen-bond acceptors (Lipinski definition) is 10. The number of hydrogen-bond donors (Lipinski definition) is 2. The van der Waals surface area contributed by atoms with Crippen LogP contribution in [0, 0.1) is 5.41 Å². The maximum absolute atomic E-state index is 12.6. The molecule has 2 aromatic rings. The molecule has 10 nitrogen and oxygen atoms in total. The highest BCUT2D eigenvalue weighted by Gasteiger charge is 2.51. The second-order valence-electron chi connectivity index (χ2n) is 10.4. The highest BCUT2D eigenvalue weighted by Crippen LogP contribution is 2.44. The molecule has 2 aliphatic heterocycles. The highest BCUT2D eigenvalue weighted by molar-refractivity contribution is 7.99. The molecule has 0 radical (unpaired) electrons. The molecule has 4 rings (SSSR count). The van der Waals surface area contributed by atoms with E-state index in [1.54, 1.807) is 24.7 Å². The number of aromatic nitrogens is 3. The number of nitrogen functional groups attached to an aromatic ring is 1. The van der Waals surface area contributed by atoms with Crippen molar-refractivity contribution in [1.29, 1.82) is 0 Å². The number of nitrogens with two attached hydrogens (primary N) is 1. The van der Waals surface area contributed by atoms with Crippen LogP contribution < -0.4 is 16.0 Å². The Hall–Kier alpha value is -1.99. The quantitative estimate of drug-likeness (QED) is 0.510. The van der Waals surface area contributed by atoms with E-state index >= 15 is 0 Å².